The smallest absolute Gasteiger partial charge is 0.328 e. The Morgan fingerprint density at radius 2 is 1.90 bits per heavy atom. The molecule has 7 heteroatoms. The number of hydrogen-bond donors (Lipinski definition) is 0. The van der Waals surface area contributed by atoms with Crippen LogP contribution < -0.4 is 4.74 Å². The Bertz CT molecular complexity index is 712. The molecule has 100 valence electrons. The van der Waals surface area contributed by atoms with Gasteiger partial charge >= 0.3 is 6.01 Å². The molecular formula is C13H10ClN5O. The van der Waals surface area contributed by atoms with Gasteiger partial charge in [-0.1, -0.05) is 17.7 Å². The maximum atomic E-state index is 5.88. The summed E-state index contributed by atoms with van der Waals surface area (Å²) >= 11 is 5.88. The van der Waals surface area contributed by atoms with Gasteiger partial charge in [0.1, 0.15) is 12.1 Å². The van der Waals surface area contributed by atoms with E-state index in [0.717, 1.165) is 5.56 Å². The van der Waals surface area contributed by atoms with Crippen molar-refractivity contribution >= 4 is 11.6 Å². The van der Waals surface area contributed by atoms with Gasteiger partial charge in [-0.05, 0) is 30.7 Å². The highest BCUT2D eigenvalue weighted by molar-refractivity contribution is 6.28. The average Bonchev–Trinajstić information content (AvgIpc) is 2.95. The SMILES string of the molecule is Cc1ccc(Oc2nc(Cl)nc(-n3ccnc3)n2)cc1. The summed E-state index contributed by atoms with van der Waals surface area (Å²) in [4.78, 5) is 16.1. The Hall–Kier alpha value is -2.47. The van der Waals surface area contributed by atoms with E-state index < -0.39 is 0 Å². The molecule has 0 aliphatic heterocycles. The minimum atomic E-state index is 0.0609. The molecule has 20 heavy (non-hydrogen) atoms. The average molecular weight is 288 g/mol. The first-order chi connectivity index (χ1) is 9.70. The van der Waals surface area contributed by atoms with Crippen molar-refractivity contribution in [1.29, 1.82) is 0 Å². The number of nitrogens with zero attached hydrogens (tertiary/aromatic N) is 5. The number of ether oxygens (including phenoxy) is 1. The summed E-state index contributed by atoms with van der Waals surface area (Å²) in [7, 11) is 0. The zero-order valence-corrected chi connectivity index (χ0v) is 11.3. The molecule has 0 fully saturated rings. The lowest BCUT2D eigenvalue weighted by Crippen LogP contribution is -2.03. The Morgan fingerprint density at radius 3 is 2.60 bits per heavy atom. The van der Waals surface area contributed by atoms with Crippen LogP contribution in [-0.4, -0.2) is 24.5 Å². The van der Waals surface area contributed by atoms with Crippen LogP contribution in [0.5, 0.6) is 11.8 Å². The van der Waals surface area contributed by atoms with Gasteiger partial charge < -0.3 is 4.74 Å². The van der Waals surface area contributed by atoms with Crippen molar-refractivity contribution in [3.05, 3.63) is 53.8 Å². The molecule has 0 unspecified atom stereocenters. The molecule has 2 heterocycles. The summed E-state index contributed by atoms with van der Waals surface area (Å²) in [5.74, 6) is 0.985. The Balaban J connectivity index is 1.92. The number of aromatic nitrogens is 5. The number of imidazole rings is 1. The van der Waals surface area contributed by atoms with Crippen molar-refractivity contribution in [2.45, 2.75) is 6.92 Å². The number of benzene rings is 1. The molecule has 3 rings (SSSR count). The van der Waals surface area contributed by atoms with Gasteiger partial charge in [0.05, 0.1) is 0 Å². The molecule has 0 radical (unpaired) electrons. The monoisotopic (exact) mass is 287 g/mol. The maximum Gasteiger partial charge on any atom is 0.328 e. The van der Waals surface area contributed by atoms with E-state index >= 15 is 0 Å². The van der Waals surface area contributed by atoms with Gasteiger partial charge in [0, 0.05) is 12.4 Å². The molecule has 1 aromatic carbocycles. The first-order valence-corrected chi connectivity index (χ1v) is 6.23. The van der Waals surface area contributed by atoms with Crippen LogP contribution in [0.2, 0.25) is 5.28 Å². The zero-order valence-electron chi connectivity index (χ0n) is 10.6. The minimum Gasteiger partial charge on any atom is -0.424 e. The zero-order chi connectivity index (χ0) is 13.9. The second-order valence-electron chi connectivity index (χ2n) is 4.07. The lowest BCUT2D eigenvalue weighted by Gasteiger charge is -2.06. The molecule has 0 aliphatic rings. The van der Waals surface area contributed by atoms with Crippen LogP contribution in [0.4, 0.5) is 0 Å². The first kappa shape index (κ1) is 12.6. The fourth-order valence-electron chi connectivity index (χ4n) is 1.57. The van der Waals surface area contributed by atoms with Crippen LogP contribution in [0, 0.1) is 6.92 Å². The van der Waals surface area contributed by atoms with E-state index in [9.17, 15) is 0 Å². The number of hydrogen-bond acceptors (Lipinski definition) is 5. The summed E-state index contributed by atoms with van der Waals surface area (Å²) < 4.78 is 7.19. The van der Waals surface area contributed by atoms with E-state index in [4.69, 9.17) is 16.3 Å². The van der Waals surface area contributed by atoms with E-state index in [-0.39, 0.29) is 11.3 Å². The standard InChI is InChI=1S/C13H10ClN5O/c1-9-2-4-10(5-3-9)20-13-17-11(14)16-12(18-13)19-7-6-15-8-19/h2-8H,1H3. The Morgan fingerprint density at radius 1 is 1.10 bits per heavy atom. The normalized spacial score (nSPS) is 10.5. The molecule has 0 saturated carbocycles. The minimum absolute atomic E-state index is 0.0609. The van der Waals surface area contributed by atoms with Crippen molar-refractivity contribution in [2.75, 3.05) is 0 Å². The second-order valence-corrected chi connectivity index (χ2v) is 4.41. The van der Waals surface area contributed by atoms with E-state index in [1.165, 1.54) is 0 Å². The molecule has 2 aromatic heterocycles. The summed E-state index contributed by atoms with van der Waals surface area (Å²) in [6.07, 6.45) is 4.90. The molecule has 0 atom stereocenters. The number of aryl methyl sites for hydroxylation is 1. The highest BCUT2D eigenvalue weighted by Gasteiger charge is 2.08. The molecule has 0 N–H and O–H groups in total. The van der Waals surface area contributed by atoms with Gasteiger partial charge in [-0.2, -0.15) is 15.0 Å². The number of rotatable bonds is 3. The van der Waals surface area contributed by atoms with Crippen molar-refractivity contribution in [3.8, 4) is 17.7 Å². The van der Waals surface area contributed by atoms with Gasteiger partial charge in [0.15, 0.2) is 0 Å². The fourth-order valence-corrected chi connectivity index (χ4v) is 1.72. The van der Waals surface area contributed by atoms with E-state index in [2.05, 4.69) is 19.9 Å². The molecular weight excluding hydrogens is 278 g/mol. The molecule has 3 aromatic rings. The van der Waals surface area contributed by atoms with Crippen LogP contribution in [0.15, 0.2) is 43.0 Å². The van der Waals surface area contributed by atoms with Gasteiger partial charge in [-0.3, -0.25) is 4.57 Å². The molecule has 0 saturated heterocycles. The lowest BCUT2D eigenvalue weighted by atomic mass is 10.2. The Labute approximate surface area is 120 Å². The van der Waals surface area contributed by atoms with E-state index in [1.54, 1.807) is 23.3 Å². The van der Waals surface area contributed by atoms with Gasteiger partial charge in [-0.25, -0.2) is 4.98 Å². The summed E-state index contributed by atoms with van der Waals surface area (Å²) in [5, 5.41) is 0.0609. The highest BCUT2D eigenvalue weighted by atomic mass is 35.5. The first-order valence-electron chi connectivity index (χ1n) is 5.85. The highest BCUT2D eigenvalue weighted by Crippen LogP contribution is 2.19. The Kier molecular flexibility index (Phi) is 3.30. The predicted molar refractivity (Wildman–Crippen MR) is 73.2 cm³/mol. The van der Waals surface area contributed by atoms with Crippen LogP contribution in [0.25, 0.3) is 5.95 Å². The lowest BCUT2D eigenvalue weighted by molar-refractivity contribution is 0.438. The van der Waals surface area contributed by atoms with E-state index in [0.29, 0.717) is 11.7 Å². The van der Waals surface area contributed by atoms with Gasteiger partial charge in [0.25, 0.3) is 0 Å². The third kappa shape index (κ3) is 2.75. The summed E-state index contributed by atoms with van der Waals surface area (Å²) in [6, 6.07) is 7.69. The summed E-state index contributed by atoms with van der Waals surface area (Å²) in [6.45, 7) is 2.00. The third-order valence-corrected chi connectivity index (χ3v) is 2.71. The van der Waals surface area contributed by atoms with Crippen LogP contribution >= 0.6 is 11.6 Å². The quantitative estimate of drug-likeness (QED) is 0.741. The van der Waals surface area contributed by atoms with Gasteiger partial charge in [0.2, 0.25) is 11.2 Å². The molecule has 6 nitrogen and oxygen atoms in total. The molecule has 0 aliphatic carbocycles. The van der Waals surface area contributed by atoms with Crippen molar-refractivity contribution in [1.82, 2.24) is 24.5 Å². The van der Waals surface area contributed by atoms with E-state index in [1.807, 2.05) is 31.2 Å². The van der Waals surface area contributed by atoms with Crippen LogP contribution in [-0.2, 0) is 0 Å². The van der Waals surface area contributed by atoms with Crippen molar-refractivity contribution in [3.63, 3.8) is 0 Å². The number of halogens is 1. The summed E-state index contributed by atoms with van der Waals surface area (Å²) in [5.41, 5.74) is 1.14. The maximum absolute atomic E-state index is 5.88. The molecule has 0 spiro atoms. The van der Waals surface area contributed by atoms with Crippen molar-refractivity contribution < 1.29 is 4.74 Å². The second kappa shape index (κ2) is 5.26. The third-order valence-electron chi connectivity index (χ3n) is 2.54. The largest absolute Gasteiger partial charge is 0.424 e. The molecule has 0 bridgehead atoms. The topological polar surface area (TPSA) is 65.7 Å². The fraction of sp³-hybridized carbons (Fsp3) is 0.0769. The van der Waals surface area contributed by atoms with Gasteiger partial charge in [-0.15, -0.1) is 0 Å². The van der Waals surface area contributed by atoms with Crippen molar-refractivity contribution in [2.24, 2.45) is 0 Å². The molecule has 0 amide bonds. The van der Waals surface area contributed by atoms with Crippen LogP contribution in [0.3, 0.4) is 0 Å². The predicted octanol–water partition coefficient (Wildman–Crippen LogP) is 2.81. The van der Waals surface area contributed by atoms with Crippen LogP contribution in [0.1, 0.15) is 5.56 Å².